The van der Waals surface area contributed by atoms with Gasteiger partial charge in [-0.1, -0.05) is 19.1 Å². The molecule has 2 atom stereocenters. The van der Waals surface area contributed by atoms with Crippen molar-refractivity contribution in [3.63, 3.8) is 0 Å². The highest BCUT2D eigenvalue weighted by atomic mass is 16.7. The van der Waals surface area contributed by atoms with Gasteiger partial charge in [-0.15, -0.1) is 10.4 Å². The number of nitrogens with two attached hydrogens (primary N) is 1. The van der Waals surface area contributed by atoms with Crippen LogP contribution in [-0.4, -0.2) is 106 Å². The first-order valence-corrected chi connectivity index (χ1v) is 11.4. The molecule has 1 aliphatic carbocycles. The highest BCUT2D eigenvalue weighted by Crippen LogP contribution is 2.73. The van der Waals surface area contributed by atoms with E-state index in [0.717, 1.165) is 0 Å². The maximum Gasteiger partial charge on any atom is 0.161 e. The number of nitrogens with zero attached hydrogens (tertiary/aromatic N) is 5. The van der Waals surface area contributed by atoms with Crippen LogP contribution in [0.4, 0.5) is 5.82 Å². The molecule has 0 aliphatic heterocycles. The lowest BCUT2D eigenvalue weighted by atomic mass is 9.20. The van der Waals surface area contributed by atoms with E-state index in [4.69, 9.17) is 75.4 Å². The van der Waals surface area contributed by atoms with E-state index in [2.05, 4.69) is 15.1 Å². The first-order chi connectivity index (χ1) is 17.1. The Morgan fingerprint density at radius 1 is 1.11 bits per heavy atom. The van der Waals surface area contributed by atoms with Gasteiger partial charge in [-0.05, 0) is 5.92 Å². The van der Waals surface area contributed by atoms with Crippen LogP contribution in [0, 0.1) is 17.2 Å². The van der Waals surface area contributed by atoms with Crippen molar-refractivity contribution in [2.24, 2.45) is 5.92 Å². The molecule has 16 heteroatoms. The number of nitriles is 1. The predicted octanol–water partition coefficient (Wildman–Crippen LogP) is -0.514. The molecule has 2 heterocycles. The van der Waals surface area contributed by atoms with E-state index in [9.17, 15) is 5.11 Å². The lowest BCUT2D eigenvalue weighted by Gasteiger charge is -2.50. The Morgan fingerprint density at radius 2 is 1.65 bits per heavy atom. The summed E-state index contributed by atoms with van der Waals surface area (Å²) >= 11 is 0. The molecule has 37 heavy (non-hydrogen) atoms. The summed E-state index contributed by atoms with van der Waals surface area (Å²) in [6.45, 7) is 5.33. The SMILES string of the molecule is CC.CC#N.[B]C1([B])C(Cn2cc(-c3ncnc(N)c3CC(OC)OC)cn2)C([B])(O)C([B])([B])C1([B])[B]. The second-order valence-electron chi connectivity index (χ2n) is 8.41. The van der Waals surface area contributed by atoms with Gasteiger partial charge in [0.25, 0.3) is 0 Å². The van der Waals surface area contributed by atoms with Gasteiger partial charge in [0, 0.05) is 56.9 Å². The van der Waals surface area contributed by atoms with Crippen LogP contribution in [0.1, 0.15) is 26.3 Å². The van der Waals surface area contributed by atoms with Gasteiger partial charge >= 0.3 is 0 Å². The van der Waals surface area contributed by atoms with Crippen LogP contribution in [0.3, 0.4) is 0 Å². The minimum Gasteiger partial charge on any atom is -0.400 e. The van der Waals surface area contributed by atoms with E-state index in [1.165, 1.54) is 38.3 Å². The van der Waals surface area contributed by atoms with Crippen molar-refractivity contribution in [1.29, 1.82) is 5.26 Å². The van der Waals surface area contributed by atoms with Gasteiger partial charge in [0.1, 0.15) is 20.0 Å². The number of anilines is 1. The Labute approximate surface area is 228 Å². The summed E-state index contributed by atoms with van der Waals surface area (Å²) in [5.74, 6) is -0.891. The normalized spacial score (nSPS) is 22.7. The number of rotatable bonds is 7. The van der Waals surface area contributed by atoms with Crippen molar-refractivity contribution in [3.8, 4) is 17.3 Å². The first kappa shape index (κ1) is 32.9. The van der Waals surface area contributed by atoms with Gasteiger partial charge in [0.05, 0.1) is 65.0 Å². The molecule has 2 aromatic heterocycles. The fourth-order valence-electron chi connectivity index (χ4n) is 4.00. The van der Waals surface area contributed by atoms with Crippen LogP contribution in [-0.2, 0) is 22.4 Å². The monoisotopic (exact) mass is 488 g/mol. The van der Waals surface area contributed by atoms with Gasteiger partial charge < -0.3 is 20.3 Å². The summed E-state index contributed by atoms with van der Waals surface area (Å²) in [7, 11) is 45.3. The topological polar surface area (TPSA) is 132 Å². The largest absolute Gasteiger partial charge is 0.400 e. The average Bonchev–Trinajstić information content (AvgIpc) is 3.33. The summed E-state index contributed by atoms with van der Waals surface area (Å²) in [6, 6.07) is 1.75. The maximum atomic E-state index is 10.9. The lowest BCUT2D eigenvalue weighted by molar-refractivity contribution is -0.100. The summed E-state index contributed by atoms with van der Waals surface area (Å²) in [5.41, 5.74) is 5.47. The van der Waals surface area contributed by atoms with E-state index in [0.29, 0.717) is 23.2 Å². The molecule has 3 N–H and O–H groups in total. The smallest absolute Gasteiger partial charge is 0.161 e. The molecule has 3 rings (SSSR count). The van der Waals surface area contributed by atoms with Gasteiger partial charge in [0.15, 0.2) is 6.29 Å². The Balaban J connectivity index is 0.00000127. The molecule has 1 saturated carbocycles. The molecule has 0 aromatic carbocycles. The summed E-state index contributed by atoms with van der Waals surface area (Å²) in [6.07, 6.45) is 4.24. The minimum absolute atomic E-state index is 0.0963. The third-order valence-corrected chi connectivity index (χ3v) is 6.32. The quantitative estimate of drug-likeness (QED) is 0.395. The van der Waals surface area contributed by atoms with Crippen molar-refractivity contribution in [2.45, 2.75) is 61.2 Å². The molecule has 1 aliphatic rings. The average molecular weight is 487 g/mol. The molecule has 0 saturated heterocycles. The highest BCUT2D eigenvalue weighted by Gasteiger charge is 2.65. The third-order valence-electron chi connectivity index (χ3n) is 6.32. The summed E-state index contributed by atoms with van der Waals surface area (Å²) in [5, 5.41) is 16.3. The van der Waals surface area contributed by atoms with Crippen molar-refractivity contribution in [1.82, 2.24) is 19.7 Å². The fourth-order valence-corrected chi connectivity index (χ4v) is 4.00. The molecule has 2 unspecified atom stereocenters. The van der Waals surface area contributed by atoms with E-state index in [-0.39, 0.29) is 12.4 Å². The van der Waals surface area contributed by atoms with Gasteiger partial charge in [0.2, 0.25) is 0 Å². The molecule has 9 nitrogen and oxygen atoms in total. The zero-order chi connectivity index (χ0) is 28.8. The molecule has 180 valence electrons. The van der Waals surface area contributed by atoms with E-state index >= 15 is 0 Å². The summed E-state index contributed by atoms with van der Waals surface area (Å²) in [4.78, 5) is 8.36. The number of ether oxygens (including phenoxy) is 2. The van der Waals surface area contributed by atoms with E-state index in [1.807, 2.05) is 13.8 Å². The molecular weight excluding hydrogens is 460 g/mol. The predicted molar refractivity (Wildman–Crippen MR) is 149 cm³/mol. The number of methoxy groups -OCH3 is 2. The van der Waals surface area contributed by atoms with Crippen molar-refractivity contribution in [2.75, 3.05) is 20.0 Å². The number of hydrogen-bond donors (Lipinski definition) is 2. The van der Waals surface area contributed by atoms with Crippen LogP contribution >= 0.6 is 0 Å². The van der Waals surface area contributed by atoms with Crippen LogP contribution < -0.4 is 5.73 Å². The van der Waals surface area contributed by atoms with Gasteiger partial charge in [-0.3, -0.25) is 4.68 Å². The molecular formula is C21H27B7N6O3. The Bertz CT molecular complexity index is 1050. The molecule has 1 fully saturated rings. The van der Waals surface area contributed by atoms with Gasteiger partial charge in [-0.25, -0.2) is 9.97 Å². The van der Waals surface area contributed by atoms with Gasteiger partial charge in [-0.2, -0.15) is 10.4 Å². The van der Waals surface area contributed by atoms with Crippen molar-refractivity contribution < 1.29 is 14.6 Å². The Hall–Kier alpha value is -2.09. The molecule has 0 amide bonds. The summed E-state index contributed by atoms with van der Waals surface area (Å²) < 4.78 is 12.0. The second-order valence-corrected chi connectivity index (χ2v) is 8.41. The molecule has 2 aromatic rings. The van der Waals surface area contributed by atoms with E-state index in [1.54, 1.807) is 12.3 Å². The van der Waals surface area contributed by atoms with Crippen LogP contribution in [0.5, 0.6) is 0 Å². The van der Waals surface area contributed by atoms with Crippen LogP contribution in [0.2, 0.25) is 15.6 Å². The Morgan fingerprint density at radius 3 is 2.11 bits per heavy atom. The minimum atomic E-state index is -2.30. The molecule has 14 radical (unpaired) electrons. The number of hydrogen-bond acceptors (Lipinski definition) is 8. The standard InChI is InChI=1S/C17H18B7N5O3.C2H3N.C2H6/c1-31-11(32-2)3-9-12(26-7-27-13(9)25)8-4-28-29(5-8)6-10-14(18,19)16(21,22)17(23,24)15(10,20)30;1-2-3;1-2/h4-5,7,10-11,30H,3,6H2,1-2H3,(H2,25,26,27);1H3;1-2H3. The second kappa shape index (κ2) is 12.6. The maximum absolute atomic E-state index is 10.9. The van der Waals surface area contributed by atoms with Crippen molar-refractivity contribution >= 4 is 60.7 Å². The fraction of sp³-hybridized carbons (Fsp3) is 0.619. The highest BCUT2D eigenvalue weighted by molar-refractivity contribution is 6.64. The third kappa shape index (κ3) is 5.99. The molecule has 0 bridgehead atoms. The number of aliphatic hydroxyl groups is 1. The zero-order valence-corrected chi connectivity index (χ0v) is 21.9. The van der Waals surface area contributed by atoms with Crippen LogP contribution in [0.15, 0.2) is 18.7 Å². The number of aromatic nitrogens is 4. The Kier molecular flexibility index (Phi) is 11.3. The van der Waals surface area contributed by atoms with Crippen molar-refractivity contribution in [3.05, 3.63) is 24.3 Å². The molecule has 0 spiro atoms. The number of nitrogen functional groups attached to an aromatic ring is 1. The van der Waals surface area contributed by atoms with E-state index < -0.39 is 33.3 Å². The first-order valence-electron chi connectivity index (χ1n) is 11.4. The van der Waals surface area contributed by atoms with Crippen LogP contribution in [0.25, 0.3) is 11.3 Å². The zero-order valence-electron chi connectivity index (χ0n) is 21.9. The lowest BCUT2D eigenvalue weighted by Crippen LogP contribution is -2.49.